The van der Waals surface area contributed by atoms with E-state index in [2.05, 4.69) is 11.9 Å². The monoisotopic (exact) mass is 312 g/mol. The molecule has 1 fully saturated rings. The smallest absolute Gasteiger partial charge is 0.246 e. The molecule has 0 spiro atoms. The molecule has 120 valence electrons. The molecule has 23 heavy (non-hydrogen) atoms. The molecule has 2 heterocycles. The highest BCUT2D eigenvalue weighted by molar-refractivity contribution is 5.93. The van der Waals surface area contributed by atoms with Crippen LogP contribution in [0.3, 0.4) is 0 Å². The molecule has 0 aliphatic carbocycles. The molecule has 5 nitrogen and oxygen atoms in total. The van der Waals surface area contributed by atoms with E-state index in [1.807, 2.05) is 37.3 Å². The fourth-order valence-corrected chi connectivity index (χ4v) is 3.07. The van der Waals surface area contributed by atoms with Gasteiger partial charge in [-0.15, -0.1) is 0 Å². The molecule has 5 heteroatoms. The van der Waals surface area contributed by atoms with Crippen LogP contribution < -0.4 is 5.32 Å². The summed E-state index contributed by atoms with van der Waals surface area (Å²) in [6, 6.07) is 9.20. The Morgan fingerprint density at radius 2 is 2.22 bits per heavy atom. The molecule has 1 N–H and O–H groups in total. The third-order valence-electron chi connectivity index (χ3n) is 4.18. The van der Waals surface area contributed by atoms with Gasteiger partial charge in [-0.05, 0) is 30.5 Å². The molecule has 2 atom stereocenters. The van der Waals surface area contributed by atoms with E-state index >= 15 is 0 Å². The van der Waals surface area contributed by atoms with Crippen LogP contribution in [0.2, 0.25) is 0 Å². The Kier molecular flexibility index (Phi) is 4.19. The summed E-state index contributed by atoms with van der Waals surface area (Å²) < 4.78 is 5.69. The van der Waals surface area contributed by atoms with Crippen molar-refractivity contribution in [3.63, 3.8) is 0 Å². The molecular formula is C18H20N2O3. The molecule has 0 unspecified atom stereocenters. The van der Waals surface area contributed by atoms with E-state index in [4.69, 9.17) is 4.42 Å². The van der Waals surface area contributed by atoms with E-state index < -0.39 is 6.04 Å². The number of para-hydroxylation sites is 1. The number of rotatable bonds is 4. The third kappa shape index (κ3) is 3.13. The van der Waals surface area contributed by atoms with E-state index in [1.165, 1.54) is 6.08 Å². The number of fused-ring (bicyclic) bond motifs is 1. The number of nitrogens with one attached hydrogen (secondary N) is 1. The predicted molar refractivity (Wildman–Crippen MR) is 87.5 cm³/mol. The van der Waals surface area contributed by atoms with E-state index in [-0.39, 0.29) is 11.8 Å². The first-order valence-electron chi connectivity index (χ1n) is 7.76. The molecule has 0 saturated carbocycles. The molecule has 0 radical (unpaired) electrons. The van der Waals surface area contributed by atoms with Crippen molar-refractivity contribution >= 4 is 22.8 Å². The number of nitrogens with zero attached hydrogens (tertiary/aromatic N) is 1. The van der Waals surface area contributed by atoms with Gasteiger partial charge in [-0.2, -0.15) is 0 Å². The Bertz CT molecular complexity index is 717. The lowest BCUT2D eigenvalue weighted by atomic mass is 10.1. The van der Waals surface area contributed by atoms with Crippen molar-refractivity contribution in [2.75, 3.05) is 6.54 Å². The molecule has 2 aromatic rings. The van der Waals surface area contributed by atoms with Crippen LogP contribution in [-0.2, 0) is 16.1 Å². The number of furan rings is 1. The molecule has 0 bridgehead atoms. The lowest BCUT2D eigenvalue weighted by Crippen LogP contribution is -2.45. The zero-order valence-corrected chi connectivity index (χ0v) is 13.1. The molecule has 1 aromatic carbocycles. The Balaban J connectivity index is 1.66. The summed E-state index contributed by atoms with van der Waals surface area (Å²) in [5.41, 5.74) is 0.801. The highest BCUT2D eigenvalue weighted by atomic mass is 16.3. The van der Waals surface area contributed by atoms with Crippen LogP contribution in [0.4, 0.5) is 0 Å². The summed E-state index contributed by atoms with van der Waals surface area (Å²) in [5, 5.41) is 3.88. The van der Waals surface area contributed by atoms with Gasteiger partial charge in [0.2, 0.25) is 11.8 Å². The highest BCUT2D eigenvalue weighted by Gasteiger charge is 2.36. The van der Waals surface area contributed by atoms with Gasteiger partial charge < -0.3 is 14.6 Å². The molecule has 1 saturated heterocycles. The molecule has 1 aliphatic heterocycles. The normalized spacial score (nSPS) is 20.7. The molecule has 2 amide bonds. The molecule has 1 aliphatic rings. The van der Waals surface area contributed by atoms with Gasteiger partial charge in [0.25, 0.3) is 0 Å². The second-order valence-electron chi connectivity index (χ2n) is 6.02. The van der Waals surface area contributed by atoms with Crippen LogP contribution in [0.15, 0.2) is 47.4 Å². The minimum absolute atomic E-state index is 0.148. The number of carbonyl (C=O) groups excluding carboxylic acids is 2. The number of hydrogen-bond donors (Lipinski definition) is 1. The minimum Gasteiger partial charge on any atom is -0.459 e. The average molecular weight is 312 g/mol. The van der Waals surface area contributed by atoms with Crippen LogP contribution in [0.25, 0.3) is 11.0 Å². The van der Waals surface area contributed by atoms with Crippen molar-refractivity contribution in [3.05, 3.63) is 48.7 Å². The lowest BCUT2D eigenvalue weighted by Gasteiger charge is -2.22. The van der Waals surface area contributed by atoms with Crippen LogP contribution in [0, 0.1) is 5.92 Å². The van der Waals surface area contributed by atoms with Gasteiger partial charge in [0.15, 0.2) is 0 Å². The Labute approximate surface area is 134 Å². The lowest BCUT2D eigenvalue weighted by molar-refractivity contribution is -0.135. The summed E-state index contributed by atoms with van der Waals surface area (Å²) >= 11 is 0. The van der Waals surface area contributed by atoms with E-state index in [0.717, 1.165) is 11.0 Å². The van der Waals surface area contributed by atoms with Crippen molar-refractivity contribution < 1.29 is 14.0 Å². The molecular weight excluding hydrogens is 292 g/mol. The van der Waals surface area contributed by atoms with Gasteiger partial charge in [-0.25, -0.2) is 0 Å². The van der Waals surface area contributed by atoms with Gasteiger partial charge in [-0.3, -0.25) is 9.59 Å². The zero-order valence-electron chi connectivity index (χ0n) is 13.1. The largest absolute Gasteiger partial charge is 0.459 e. The standard InChI is InChI=1S/C18H20N2O3/c1-3-17(21)20-11-12(2)8-15(20)18(22)19-10-14-9-13-6-4-5-7-16(13)23-14/h3-7,9,12,15H,1,8,10-11H2,2H3,(H,19,22)/t12-,15+/m1/s1. The maximum atomic E-state index is 12.4. The maximum Gasteiger partial charge on any atom is 0.246 e. The van der Waals surface area contributed by atoms with Crippen molar-refractivity contribution in [3.8, 4) is 0 Å². The first-order chi connectivity index (χ1) is 11.1. The fraction of sp³-hybridized carbons (Fsp3) is 0.333. The SMILES string of the molecule is C=CC(=O)N1C[C@H](C)C[C@H]1C(=O)NCc1cc2ccccc2o1. The van der Waals surface area contributed by atoms with Gasteiger partial charge in [0, 0.05) is 11.9 Å². The minimum atomic E-state index is -0.431. The number of hydrogen-bond acceptors (Lipinski definition) is 3. The first-order valence-corrected chi connectivity index (χ1v) is 7.76. The number of benzene rings is 1. The van der Waals surface area contributed by atoms with Gasteiger partial charge in [0.05, 0.1) is 6.54 Å². The van der Waals surface area contributed by atoms with Crippen molar-refractivity contribution in [1.82, 2.24) is 10.2 Å². The Morgan fingerprint density at radius 3 is 2.96 bits per heavy atom. The summed E-state index contributed by atoms with van der Waals surface area (Å²) in [7, 11) is 0. The van der Waals surface area contributed by atoms with Crippen LogP contribution in [-0.4, -0.2) is 29.3 Å². The molecule has 1 aromatic heterocycles. The van der Waals surface area contributed by atoms with Crippen molar-refractivity contribution in [2.45, 2.75) is 25.9 Å². The number of likely N-dealkylation sites (tertiary alicyclic amines) is 1. The van der Waals surface area contributed by atoms with Gasteiger partial charge >= 0.3 is 0 Å². The number of amides is 2. The van der Waals surface area contributed by atoms with E-state index in [1.54, 1.807) is 4.90 Å². The third-order valence-corrected chi connectivity index (χ3v) is 4.18. The average Bonchev–Trinajstić information content (AvgIpc) is 3.14. The maximum absolute atomic E-state index is 12.4. The van der Waals surface area contributed by atoms with Crippen LogP contribution in [0.1, 0.15) is 19.1 Å². The van der Waals surface area contributed by atoms with Crippen molar-refractivity contribution in [1.29, 1.82) is 0 Å². The van der Waals surface area contributed by atoms with Gasteiger partial charge in [0.1, 0.15) is 17.4 Å². The zero-order chi connectivity index (χ0) is 16.4. The summed E-state index contributed by atoms with van der Waals surface area (Å²) in [4.78, 5) is 25.9. The topological polar surface area (TPSA) is 62.6 Å². The Morgan fingerprint density at radius 1 is 1.43 bits per heavy atom. The van der Waals surface area contributed by atoms with Crippen LogP contribution >= 0.6 is 0 Å². The predicted octanol–water partition coefficient (Wildman–Crippen LogP) is 2.47. The highest BCUT2D eigenvalue weighted by Crippen LogP contribution is 2.24. The summed E-state index contributed by atoms with van der Waals surface area (Å²) in [6.07, 6.45) is 1.93. The summed E-state index contributed by atoms with van der Waals surface area (Å²) in [5.74, 6) is 0.663. The van der Waals surface area contributed by atoms with Crippen molar-refractivity contribution in [2.24, 2.45) is 5.92 Å². The van der Waals surface area contributed by atoms with E-state index in [9.17, 15) is 9.59 Å². The first kappa shape index (κ1) is 15.3. The van der Waals surface area contributed by atoms with Gasteiger partial charge in [-0.1, -0.05) is 31.7 Å². The second-order valence-corrected chi connectivity index (χ2v) is 6.02. The van der Waals surface area contributed by atoms with E-state index in [0.29, 0.717) is 31.2 Å². The number of carbonyl (C=O) groups is 2. The van der Waals surface area contributed by atoms with Crippen LogP contribution in [0.5, 0.6) is 0 Å². The summed E-state index contributed by atoms with van der Waals surface area (Å²) in [6.45, 7) is 6.45. The molecule has 3 rings (SSSR count). The second kappa shape index (κ2) is 6.28. The Hall–Kier alpha value is -2.56. The quantitative estimate of drug-likeness (QED) is 0.882. The fourth-order valence-electron chi connectivity index (χ4n) is 3.07.